The summed E-state index contributed by atoms with van der Waals surface area (Å²) in [6, 6.07) is 15.8. The molecule has 5 rings (SSSR count). The number of aryl methyl sites for hydroxylation is 1. The van der Waals surface area contributed by atoms with E-state index < -0.39 is 0 Å². The number of carbonyl (C=O) groups is 1. The van der Waals surface area contributed by atoms with Gasteiger partial charge in [-0.15, -0.1) is 0 Å². The number of pyridine rings is 1. The molecular formula is C25H21ClN4O. The highest BCUT2D eigenvalue weighted by molar-refractivity contribution is 6.30. The van der Waals surface area contributed by atoms with Gasteiger partial charge in [-0.2, -0.15) is 5.10 Å². The molecule has 0 saturated carbocycles. The highest BCUT2D eigenvalue weighted by Crippen LogP contribution is 2.32. The van der Waals surface area contributed by atoms with Crippen LogP contribution in [0.3, 0.4) is 0 Å². The van der Waals surface area contributed by atoms with Crippen LogP contribution in [0, 0.1) is 6.92 Å². The highest BCUT2D eigenvalue weighted by Gasteiger charge is 2.29. The molecule has 0 aliphatic carbocycles. The Morgan fingerprint density at radius 2 is 1.71 bits per heavy atom. The van der Waals surface area contributed by atoms with Gasteiger partial charge in [0.1, 0.15) is 0 Å². The second-order valence-corrected chi connectivity index (χ2v) is 8.33. The maximum Gasteiger partial charge on any atom is 0.255 e. The number of halogens is 1. The van der Waals surface area contributed by atoms with Crippen molar-refractivity contribution in [3.05, 3.63) is 106 Å². The third-order valence-corrected chi connectivity index (χ3v) is 5.88. The van der Waals surface area contributed by atoms with Crippen LogP contribution in [-0.4, -0.2) is 25.6 Å². The van der Waals surface area contributed by atoms with Crippen molar-refractivity contribution in [3.8, 4) is 11.1 Å². The molecule has 4 aromatic rings. The second kappa shape index (κ2) is 8.00. The van der Waals surface area contributed by atoms with E-state index in [0.29, 0.717) is 24.7 Å². The van der Waals surface area contributed by atoms with Gasteiger partial charge in [0.2, 0.25) is 0 Å². The third kappa shape index (κ3) is 3.97. The van der Waals surface area contributed by atoms with E-state index in [9.17, 15) is 4.79 Å². The van der Waals surface area contributed by atoms with Crippen LogP contribution in [0.1, 0.15) is 32.6 Å². The summed E-state index contributed by atoms with van der Waals surface area (Å²) in [6.45, 7) is 3.88. The zero-order valence-corrected chi connectivity index (χ0v) is 17.9. The number of nitrogens with zero attached hydrogens (tertiary/aromatic N) is 4. The van der Waals surface area contributed by atoms with E-state index in [1.165, 1.54) is 0 Å². The minimum Gasteiger partial charge on any atom is -0.330 e. The number of hydrogen-bond donors (Lipinski definition) is 0. The first-order chi connectivity index (χ1) is 15.1. The van der Waals surface area contributed by atoms with Crippen LogP contribution >= 0.6 is 11.6 Å². The molecule has 0 atom stereocenters. The summed E-state index contributed by atoms with van der Waals surface area (Å²) in [7, 11) is 0. The molecule has 5 nitrogen and oxygen atoms in total. The van der Waals surface area contributed by atoms with Crippen LogP contribution in [0.15, 0.2) is 73.3 Å². The first-order valence-corrected chi connectivity index (χ1v) is 10.5. The molecule has 0 N–H and O–H groups in total. The molecule has 0 unspecified atom stereocenters. The monoisotopic (exact) mass is 428 g/mol. The number of carbonyl (C=O) groups excluding carboxylic acids is 1. The Balaban J connectivity index is 1.38. The van der Waals surface area contributed by atoms with Gasteiger partial charge in [-0.25, -0.2) is 0 Å². The molecule has 1 aliphatic rings. The van der Waals surface area contributed by atoms with Crippen LogP contribution in [0.4, 0.5) is 0 Å². The predicted molar refractivity (Wildman–Crippen MR) is 121 cm³/mol. The molecular weight excluding hydrogens is 408 g/mol. The van der Waals surface area contributed by atoms with Gasteiger partial charge >= 0.3 is 0 Å². The predicted octanol–water partition coefficient (Wildman–Crippen LogP) is 5.11. The highest BCUT2D eigenvalue weighted by atomic mass is 35.5. The number of amides is 1. The summed E-state index contributed by atoms with van der Waals surface area (Å²) >= 11 is 5.98. The van der Waals surface area contributed by atoms with Crippen LogP contribution in [0.25, 0.3) is 11.1 Å². The second-order valence-electron chi connectivity index (χ2n) is 7.90. The number of hydrogen-bond acceptors (Lipinski definition) is 3. The molecule has 31 heavy (non-hydrogen) atoms. The van der Waals surface area contributed by atoms with Crippen molar-refractivity contribution < 1.29 is 4.79 Å². The van der Waals surface area contributed by atoms with Gasteiger partial charge in [0, 0.05) is 47.8 Å². The Hall–Kier alpha value is -3.44. The summed E-state index contributed by atoms with van der Waals surface area (Å²) in [5, 5.41) is 5.21. The molecule has 1 aliphatic heterocycles. The Bertz CT molecular complexity index is 1250. The van der Waals surface area contributed by atoms with Gasteiger partial charge in [0.15, 0.2) is 0 Å². The van der Waals surface area contributed by atoms with E-state index in [1.54, 1.807) is 12.4 Å². The summed E-state index contributed by atoms with van der Waals surface area (Å²) in [5.74, 6) is 0.0855. The molecule has 0 saturated heterocycles. The summed E-state index contributed by atoms with van der Waals surface area (Å²) < 4.78 is 1.92. The Morgan fingerprint density at radius 1 is 0.968 bits per heavy atom. The lowest BCUT2D eigenvalue weighted by molar-refractivity contribution is 0.0766. The van der Waals surface area contributed by atoms with Crippen molar-refractivity contribution in [1.82, 2.24) is 19.7 Å². The van der Waals surface area contributed by atoms with Gasteiger partial charge in [-0.1, -0.05) is 29.8 Å². The van der Waals surface area contributed by atoms with Crippen molar-refractivity contribution >= 4 is 17.5 Å². The smallest absolute Gasteiger partial charge is 0.255 e. The first kappa shape index (κ1) is 19.5. The number of benzene rings is 2. The van der Waals surface area contributed by atoms with E-state index in [4.69, 9.17) is 11.6 Å². The topological polar surface area (TPSA) is 51.0 Å². The van der Waals surface area contributed by atoms with Crippen molar-refractivity contribution in [3.63, 3.8) is 0 Å². The summed E-state index contributed by atoms with van der Waals surface area (Å²) in [5.41, 5.74) is 7.23. The van der Waals surface area contributed by atoms with E-state index in [-0.39, 0.29) is 5.91 Å². The molecule has 1 amide bonds. The summed E-state index contributed by atoms with van der Waals surface area (Å²) in [4.78, 5) is 19.0. The fourth-order valence-electron chi connectivity index (χ4n) is 4.11. The van der Waals surface area contributed by atoms with Crippen molar-refractivity contribution in [2.45, 2.75) is 26.6 Å². The van der Waals surface area contributed by atoms with Crippen LogP contribution < -0.4 is 0 Å². The van der Waals surface area contributed by atoms with Crippen molar-refractivity contribution in [2.75, 3.05) is 0 Å². The van der Waals surface area contributed by atoms with E-state index in [2.05, 4.69) is 22.2 Å². The standard InChI is InChI=1S/C25H21ClN4O/c1-17-10-20(22-12-28-30(16-22)14-19-6-8-27-9-7-19)11-21-15-29(25(31)24(17)21)13-18-2-4-23(26)5-3-18/h2-12,16H,13-15H2,1H3. The molecule has 0 radical (unpaired) electrons. The fourth-order valence-corrected chi connectivity index (χ4v) is 4.23. The zero-order chi connectivity index (χ0) is 21.4. The molecule has 3 heterocycles. The molecule has 6 heteroatoms. The Morgan fingerprint density at radius 3 is 2.48 bits per heavy atom. The molecule has 2 aromatic carbocycles. The lowest BCUT2D eigenvalue weighted by Crippen LogP contribution is -2.23. The van der Waals surface area contributed by atoms with E-state index in [1.807, 2.05) is 65.3 Å². The third-order valence-electron chi connectivity index (χ3n) is 5.63. The van der Waals surface area contributed by atoms with Gasteiger partial charge in [-0.05, 0) is 65.1 Å². The Labute approximate surface area is 185 Å². The first-order valence-electron chi connectivity index (χ1n) is 10.2. The van der Waals surface area contributed by atoms with Gasteiger partial charge in [0.25, 0.3) is 5.91 Å². The molecule has 154 valence electrons. The van der Waals surface area contributed by atoms with Crippen LogP contribution in [-0.2, 0) is 19.6 Å². The maximum absolute atomic E-state index is 13.0. The zero-order valence-electron chi connectivity index (χ0n) is 17.1. The lowest BCUT2D eigenvalue weighted by atomic mass is 9.98. The molecule has 0 bridgehead atoms. The number of fused-ring (bicyclic) bond motifs is 1. The number of aromatic nitrogens is 3. The molecule has 0 fully saturated rings. The lowest BCUT2D eigenvalue weighted by Gasteiger charge is -2.15. The van der Waals surface area contributed by atoms with E-state index in [0.717, 1.165) is 38.9 Å². The molecule has 0 spiro atoms. The van der Waals surface area contributed by atoms with Crippen molar-refractivity contribution in [2.24, 2.45) is 0 Å². The van der Waals surface area contributed by atoms with Crippen LogP contribution in [0.5, 0.6) is 0 Å². The average molecular weight is 429 g/mol. The molecule has 2 aromatic heterocycles. The average Bonchev–Trinajstić information content (AvgIpc) is 3.35. The van der Waals surface area contributed by atoms with Gasteiger partial charge in [0.05, 0.1) is 12.7 Å². The van der Waals surface area contributed by atoms with Crippen LogP contribution in [0.2, 0.25) is 5.02 Å². The minimum absolute atomic E-state index is 0.0855. The SMILES string of the molecule is Cc1cc(-c2cnn(Cc3ccncc3)c2)cc2c1C(=O)N(Cc1ccc(Cl)cc1)C2. The maximum atomic E-state index is 13.0. The Kier molecular flexibility index (Phi) is 5.04. The normalized spacial score (nSPS) is 13.0. The van der Waals surface area contributed by atoms with Crippen molar-refractivity contribution in [1.29, 1.82) is 0 Å². The van der Waals surface area contributed by atoms with Gasteiger partial charge < -0.3 is 4.90 Å². The fraction of sp³-hybridized carbons (Fsp3) is 0.160. The van der Waals surface area contributed by atoms with E-state index >= 15 is 0 Å². The quantitative estimate of drug-likeness (QED) is 0.443. The van der Waals surface area contributed by atoms with Gasteiger partial charge in [-0.3, -0.25) is 14.5 Å². The minimum atomic E-state index is 0.0855. The summed E-state index contributed by atoms with van der Waals surface area (Å²) in [6.07, 6.45) is 7.50. The largest absolute Gasteiger partial charge is 0.330 e. The number of rotatable bonds is 5.